The van der Waals surface area contributed by atoms with Crippen LogP contribution in [0.25, 0.3) is 0 Å². The number of anilines is 2. The Bertz CT molecular complexity index is 453. The van der Waals surface area contributed by atoms with Gasteiger partial charge in [0.1, 0.15) is 6.61 Å². The van der Waals surface area contributed by atoms with E-state index in [0.717, 1.165) is 5.56 Å². The van der Waals surface area contributed by atoms with E-state index >= 15 is 0 Å². The van der Waals surface area contributed by atoms with E-state index in [9.17, 15) is 4.79 Å². The first-order valence-electron chi connectivity index (χ1n) is 5.68. The van der Waals surface area contributed by atoms with Gasteiger partial charge in [0.25, 0.3) is 0 Å². The molecule has 0 atom stereocenters. The molecule has 0 unspecified atom stereocenters. The lowest BCUT2D eigenvalue weighted by atomic mass is 10.1. The monoisotopic (exact) mass is 270 g/mol. The number of aryl methyl sites for hydroxylation is 1. The van der Waals surface area contributed by atoms with Crippen molar-refractivity contribution in [2.24, 2.45) is 0 Å². The smallest absolute Gasteiger partial charge is 0.250 e. The van der Waals surface area contributed by atoms with Crippen molar-refractivity contribution in [2.45, 2.75) is 33.3 Å². The standard InChI is InChI=1S/C13H19ClN2O2/c1-8-5-10(15)9(14)6-11(8)16-12(17)7-18-13(2,3)4/h5-6H,7,15H2,1-4H3,(H,16,17). The van der Waals surface area contributed by atoms with Gasteiger partial charge in [-0.1, -0.05) is 11.6 Å². The fourth-order valence-electron chi connectivity index (χ4n) is 1.31. The zero-order valence-corrected chi connectivity index (χ0v) is 11.9. The molecule has 18 heavy (non-hydrogen) atoms. The third-order valence-corrected chi connectivity index (χ3v) is 2.58. The number of ether oxygens (including phenoxy) is 1. The molecule has 0 radical (unpaired) electrons. The Kier molecular flexibility index (Phi) is 4.59. The summed E-state index contributed by atoms with van der Waals surface area (Å²) in [6.07, 6.45) is 0. The SMILES string of the molecule is Cc1cc(N)c(Cl)cc1NC(=O)COC(C)(C)C. The van der Waals surface area contributed by atoms with Gasteiger partial charge in [0.05, 0.1) is 16.3 Å². The van der Waals surface area contributed by atoms with Gasteiger partial charge in [-0.3, -0.25) is 4.79 Å². The molecule has 4 nitrogen and oxygen atoms in total. The summed E-state index contributed by atoms with van der Waals surface area (Å²) in [6.45, 7) is 7.54. The highest BCUT2D eigenvalue weighted by Gasteiger charge is 2.14. The summed E-state index contributed by atoms with van der Waals surface area (Å²) < 4.78 is 5.39. The van der Waals surface area contributed by atoms with Gasteiger partial charge in [-0.2, -0.15) is 0 Å². The van der Waals surface area contributed by atoms with Gasteiger partial charge in [0.15, 0.2) is 0 Å². The number of hydrogen-bond donors (Lipinski definition) is 2. The summed E-state index contributed by atoms with van der Waals surface area (Å²) in [5.74, 6) is -0.214. The van der Waals surface area contributed by atoms with Crippen LogP contribution in [0.2, 0.25) is 5.02 Å². The lowest BCUT2D eigenvalue weighted by Gasteiger charge is -2.19. The Hall–Kier alpha value is -1.26. The molecule has 0 aliphatic rings. The van der Waals surface area contributed by atoms with Crippen molar-refractivity contribution in [3.63, 3.8) is 0 Å². The van der Waals surface area contributed by atoms with Crippen molar-refractivity contribution in [3.8, 4) is 0 Å². The van der Waals surface area contributed by atoms with Crippen molar-refractivity contribution in [2.75, 3.05) is 17.7 Å². The van der Waals surface area contributed by atoms with Gasteiger partial charge in [0, 0.05) is 5.69 Å². The molecule has 5 heteroatoms. The predicted molar refractivity (Wildman–Crippen MR) is 74.9 cm³/mol. The van der Waals surface area contributed by atoms with Crippen molar-refractivity contribution >= 4 is 28.9 Å². The van der Waals surface area contributed by atoms with Crippen LogP contribution in [-0.4, -0.2) is 18.1 Å². The van der Waals surface area contributed by atoms with Crippen LogP contribution in [0.4, 0.5) is 11.4 Å². The lowest BCUT2D eigenvalue weighted by Crippen LogP contribution is -2.27. The number of benzene rings is 1. The van der Waals surface area contributed by atoms with Gasteiger partial charge < -0.3 is 15.8 Å². The van der Waals surface area contributed by atoms with E-state index in [1.54, 1.807) is 12.1 Å². The molecular weight excluding hydrogens is 252 g/mol. The van der Waals surface area contributed by atoms with Crippen LogP contribution in [0.3, 0.4) is 0 Å². The Morgan fingerprint density at radius 2 is 2.06 bits per heavy atom. The molecule has 0 bridgehead atoms. The largest absolute Gasteiger partial charge is 0.398 e. The van der Waals surface area contributed by atoms with Crippen LogP contribution >= 0.6 is 11.6 Å². The van der Waals surface area contributed by atoms with E-state index in [1.807, 2.05) is 27.7 Å². The van der Waals surface area contributed by atoms with Crippen LogP contribution in [-0.2, 0) is 9.53 Å². The molecule has 1 rings (SSSR count). The molecule has 0 aromatic heterocycles. The molecular formula is C13H19ClN2O2. The maximum Gasteiger partial charge on any atom is 0.250 e. The number of nitrogen functional groups attached to an aromatic ring is 1. The van der Waals surface area contributed by atoms with Gasteiger partial charge in [0.2, 0.25) is 5.91 Å². The first kappa shape index (κ1) is 14.8. The van der Waals surface area contributed by atoms with Crippen LogP contribution in [0, 0.1) is 6.92 Å². The number of nitrogens with one attached hydrogen (secondary N) is 1. The van der Waals surface area contributed by atoms with E-state index in [-0.39, 0.29) is 18.1 Å². The quantitative estimate of drug-likeness (QED) is 0.830. The van der Waals surface area contributed by atoms with Gasteiger partial charge in [-0.25, -0.2) is 0 Å². The average Bonchev–Trinajstić information content (AvgIpc) is 2.22. The Morgan fingerprint density at radius 3 is 2.61 bits per heavy atom. The van der Waals surface area contributed by atoms with Crippen LogP contribution in [0.1, 0.15) is 26.3 Å². The number of rotatable bonds is 3. The second-order valence-corrected chi connectivity index (χ2v) is 5.55. The highest BCUT2D eigenvalue weighted by atomic mass is 35.5. The molecule has 0 saturated heterocycles. The summed E-state index contributed by atoms with van der Waals surface area (Å²) >= 11 is 5.91. The molecule has 0 saturated carbocycles. The fourth-order valence-corrected chi connectivity index (χ4v) is 1.47. The minimum absolute atomic E-state index is 0.00490. The minimum atomic E-state index is -0.342. The zero-order chi connectivity index (χ0) is 13.9. The number of carbonyl (C=O) groups excluding carboxylic acids is 1. The molecule has 3 N–H and O–H groups in total. The predicted octanol–water partition coefficient (Wildman–Crippen LogP) is 2.98. The molecule has 1 aromatic carbocycles. The maximum absolute atomic E-state index is 11.7. The van der Waals surface area contributed by atoms with Crippen LogP contribution in [0.5, 0.6) is 0 Å². The lowest BCUT2D eigenvalue weighted by molar-refractivity contribution is -0.125. The van der Waals surface area contributed by atoms with Crippen molar-refractivity contribution in [3.05, 3.63) is 22.7 Å². The van der Waals surface area contributed by atoms with Crippen molar-refractivity contribution in [1.82, 2.24) is 0 Å². The molecule has 0 fully saturated rings. The maximum atomic E-state index is 11.7. The fraction of sp³-hybridized carbons (Fsp3) is 0.462. The van der Waals surface area contributed by atoms with Crippen molar-refractivity contribution in [1.29, 1.82) is 0 Å². The molecule has 0 heterocycles. The number of carbonyl (C=O) groups is 1. The summed E-state index contributed by atoms with van der Waals surface area (Å²) in [4.78, 5) is 11.7. The molecule has 0 aliphatic carbocycles. The van der Waals surface area contributed by atoms with Gasteiger partial charge in [-0.05, 0) is 45.4 Å². The van der Waals surface area contributed by atoms with Gasteiger partial charge in [-0.15, -0.1) is 0 Å². The molecule has 0 aliphatic heterocycles. The van der Waals surface area contributed by atoms with E-state index < -0.39 is 0 Å². The highest BCUT2D eigenvalue weighted by molar-refractivity contribution is 6.33. The van der Waals surface area contributed by atoms with E-state index in [2.05, 4.69) is 5.32 Å². The zero-order valence-electron chi connectivity index (χ0n) is 11.1. The molecule has 0 spiro atoms. The second kappa shape index (κ2) is 5.59. The Morgan fingerprint density at radius 1 is 1.44 bits per heavy atom. The number of nitrogens with two attached hydrogens (primary N) is 1. The van der Waals surface area contributed by atoms with E-state index in [4.69, 9.17) is 22.1 Å². The molecule has 100 valence electrons. The third kappa shape index (κ3) is 4.55. The summed E-state index contributed by atoms with van der Waals surface area (Å²) in [7, 11) is 0. The highest BCUT2D eigenvalue weighted by Crippen LogP contribution is 2.26. The summed E-state index contributed by atoms with van der Waals surface area (Å²) in [5.41, 5.74) is 7.33. The number of hydrogen-bond acceptors (Lipinski definition) is 3. The number of halogens is 1. The molecule has 1 aromatic rings. The second-order valence-electron chi connectivity index (χ2n) is 5.14. The normalized spacial score (nSPS) is 11.4. The average molecular weight is 271 g/mol. The summed E-state index contributed by atoms with van der Waals surface area (Å²) in [6, 6.07) is 3.36. The first-order chi connectivity index (χ1) is 8.19. The number of amides is 1. The van der Waals surface area contributed by atoms with Crippen LogP contribution in [0.15, 0.2) is 12.1 Å². The third-order valence-electron chi connectivity index (χ3n) is 2.25. The van der Waals surface area contributed by atoms with Gasteiger partial charge >= 0.3 is 0 Å². The van der Waals surface area contributed by atoms with Crippen LogP contribution < -0.4 is 11.1 Å². The van der Waals surface area contributed by atoms with E-state index in [1.165, 1.54) is 0 Å². The Balaban J connectivity index is 2.68. The van der Waals surface area contributed by atoms with Crippen molar-refractivity contribution < 1.29 is 9.53 Å². The first-order valence-corrected chi connectivity index (χ1v) is 6.06. The topological polar surface area (TPSA) is 64.3 Å². The minimum Gasteiger partial charge on any atom is -0.398 e. The van der Waals surface area contributed by atoms with E-state index in [0.29, 0.717) is 16.4 Å². The summed E-state index contributed by atoms with van der Waals surface area (Å²) in [5, 5.41) is 3.17. The Labute approximate surface area is 112 Å². The molecule has 1 amide bonds.